The fourth-order valence-corrected chi connectivity index (χ4v) is 3.23. The highest BCUT2D eigenvalue weighted by Crippen LogP contribution is 2.30. The molecule has 6 nitrogen and oxygen atoms in total. The van der Waals surface area contributed by atoms with Gasteiger partial charge in [-0.3, -0.25) is 9.59 Å². The Labute approximate surface area is 152 Å². The predicted octanol–water partition coefficient (Wildman–Crippen LogP) is 2.15. The largest absolute Gasteiger partial charge is 0.493 e. The summed E-state index contributed by atoms with van der Waals surface area (Å²) in [6.07, 6.45) is 0.422. The van der Waals surface area contributed by atoms with Gasteiger partial charge in [0.05, 0.1) is 13.7 Å². The Morgan fingerprint density at radius 3 is 2.54 bits per heavy atom. The van der Waals surface area contributed by atoms with Gasteiger partial charge in [-0.05, 0) is 36.2 Å². The lowest BCUT2D eigenvalue weighted by Crippen LogP contribution is -2.51. The van der Waals surface area contributed by atoms with Crippen LogP contribution in [0.1, 0.15) is 28.4 Å². The van der Waals surface area contributed by atoms with Crippen molar-refractivity contribution in [3.05, 3.63) is 59.2 Å². The van der Waals surface area contributed by atoms with E-state index in [-0.39, 0.29) is 5.91 Å². The maximum Gasteiger partial charge on any atom is 0.254 e. The molecule has 1 aliphatic heterocycles. The lowest BCUT2D eigenvalue weighted by atomic mass is 9.93. The van der Waals surface area contributed by atoms with Gasteiger partial charge in [0.2, 0.25) is 5.91 Å². The molecule has 0 saturated carbocycles. The van der Waals surface area contributed by atoms with Crippen LogP contribution in [0.2, 0.25) is 0 Å². The maximum atomic E-state index is 13.1. The first-order valence-corrected chi connectivity index (χ1v) is 8.53. The average molecular weight is 354 g/mol. The third-order valence-electron chi connectivity index (χ3n) is 4.55. The summed E-state index contributed by atoms with van der Waals surface area (Å²) in [5, 5.41) is 0. The minimum absolute atomic E-state index is 0.260. The molecule has 0 aromatic heterocycles. The van der Waals surface area contributed by atoms with Crippen LogP contribution in [0.15, 0.2) is 42.5 Å². The summed E-state index contributed by atoms with van der Waals surface area (Å²) < 4.78 is 10.8. The van der Waals surface area contributed by atoms with Crippen molar-refractivity contribution in [1.29, 1.82) is 0 Å². The zero-order chi connectivity index (χ0) is 18.7. The fraction of sp³-hybridized carbons (Fsp3) is 0.300. The molecular weight excluding hydrogens is 332 g/mol. The number of hydrogen-bond acceptors (Lipinski definition) is 4. The predicted molar refractivity (Wildman–Crippen MR) is 97.2 cm³/mol. The lowest BCUT2D eigenvalue weighted by molar-refractivity contribution is -0.122. The number of benzene rings is 2. The molecule has 1 aliphatic rings. The second-order valence-corrected chi connectivity index (χ2v) is 6.12. The van der Waals surface area contributed by atoms with Gasteiger partial charge in [-0.1, -0.05) is 24.3 Å². The van der Waals surface area contributed by atoms with Gasteiger partial charge in [-0.15, -0.1) is 0 Å². The highest BCUT2D eigenvalue weighted by molar-refractivity contribution is 5.98. The van der Waals surface area contributed by atoms with Gasteiger partial charge in [-0.25, -0.2) is 0 Å². The van der Waals surface area contributed by atoms with Crippen LogP contribution in [-0.2, 0) is 17.8 Å². The molecule has 6 heteroatoms. The number of methoxy groups -OCH3 is 1. The molecule has 0 aliphatic carbocycles. The fourth-order valence-electron chi connectivity index (χ4n) is 3.23. The van der Waals surface area contributed by atoms with Gasteiger partial charge >= 0.3 is 0 Å². The van der Waals surface area contributed by atoms with Crippen molar-refractivity contribution >= 4 is 11.8 Å². The van der Waals surface area contributed by atoms with E-state index in [9.17, 15) is 9.59 Å². The van der Waals surface area contributed by atoms with E-state index < -0.39 is 11.9 Å². The Hall–Kier alpha value is -3.02. The minimum Gasteiger partial charge on any atom is -0.493 e. The Morgan fingerprint density at radius 2 is 1.88 bits per heavy atom. The summed E-state index contributed by atoms with van der Waals surface area (Å²) in [6.45, 7) is 2.72. The molecule has 1 heterocycles. The van der Waals surface area contributed by atoms with E-state index >= 15 is 0 Å². The number of hydrogen-bond donors (Lipinski definition) is 1. The van der Waals surface area contributed by atoms with Crippen molar-refractivity contribution in [2.75, 3.05) is 13.7 Å². The smallest absolute Gasteiger partial charge is 0.254 e. The molecule has 0 spiro atoms. The molecule has 2 N–H and O–H groups in total. The summed E-state index contributed by atoms with van der Waals surface area (Å²) in [7, 11) is 1.52. The van der Waals surface area contributed by atoms with Crippen molar-refractivity contribution in [2.24, 2.45) is 5.73 Å². The maximum absolute atomic E-state index is 13.1. The second kappa shape index (κ2) is 7.47. The standard InChI is InChI=1S/C20H22N2O4/c1-3-26-17-9-8-14(11-18(17)25-2)20(24)22-12-15-7-5-4-6-13(15)10-16(22)19(21)23/h4-9,11,16H,3,10,12H2,1-2H3,(H2,21,23)/t16-/m1/s1. The second-order valence-electron chi connectivity index (χ2n) is 6.12. The van der Waals surface area contributed by atoms with Crippen LogP contribution >= 0.6 is 0 Å². The number of carbonyl (C=O) groups excluding carboxylic acids is 2. The number of rotatable bonds is 5. The molecular formula is C20H22N2O4. The zero-order valence-electron chi connectivity index (χ0n) is 14.9. The highest BCUT2D eigenvalue weighted by atomic mass is 16.5. The van der Waals surface area contributed by atoms with Crippen molar-refractivity contribution in [2.45, 2.75) is 25.9 Å². The molecule has 0 fully saturated rings. The van der Waals surface area contributed by atoms with Crippen molar-refractivity contribution < 1.29 is 19.1 Å². The van der Waals surface area contributed by atoms with E-state index in [1.807, 2.05) is 31.2 Å². The van der Waals surface area contributed by atoms with Crippen LogP contribution in [0.25, 0.3) is 0 Å². The van der Waals surface area contributed by atoms with Crippen LogP contribution in [0.5, 0.6) is 11.5 Å². The van der Waals surface area contributed by atoms with Crippen molar-refractivity contribution in [1.82, 2.24) is 4.90 Å². The van der Waals surface area contributed by atoms with Crippen LogP contribution in [0, 0.1) is 0 Å². The summed E-state index contributed by atoms with van der Waals surface area (Å²) in [6, 6.07) is 12.1. The average Bonchev–Trinajstić information content (AvgIpc) is 2.66. The van der Waals surface area contributed by atoms with E-state index in [1.54, 1.807) is 18.2 Å². The first-order valence-electron chi connectivity index (χ1n) is 8.53. The zero-order valence-corrected chi connectivity index (χ0v) is 14.9. The molecule has 2 amide bonds. The van der Waals surface area contributed by atoms with Gasteiger partial charge in [-0.2, -0.15) is 0 Å². The van der Waals surface area contributed by atoms with Gasteiger partial charge in [0, 0.05) is 18.5 Å². The summed E-state index contributed by atoms with van der Waals surface area (Å²) in [5.74, 6) is 0.281. The van der Waals surface area contributed by atoms with Crippen LogP contribution < -0.4 is 15.2 Å². The van der Waals surface area contributed by atoms with E-state index in [0.717, 1.165) is 11.1 Å². The van der Waals surface area contributed by atoms with E-state index in [0.29, 0.717) is 36.6 Å². The third-order valence-corrected chi connectivity index (χ3v) is 4.55. The molecule has 0 radical (unpaired) electrons. The number of nitrogens with two attached hydrogens (primary N) is 1. The summed E-state index contributed by atoms with van der Waals surface area (Å²) in [5.41, 5.74) is 8.07. The number of carbonyl (C=O) groups is 2. The number of fused-ring (bicyclic) bond motifs is 1. The summed E-state index contributed by atoms with van der Waals surface area (Å²) >= 11 is 0. The number of primary amides is 1. The topological polar surface area (TPSA) is 81.9 Å². The molecule has 0 saturated heterocycles. The highest BCUT2D eigenvalue weighted by Gasteiger charge is 2.34. The molecule has 136 valence electrons. The molecule has 1 atom stereocenters. The van der Waals surface area contributed by atoms with Crippen LogP contribution in [0.3, 0.4) is 0 Å². The van der Waals surface area contributed by atoms with E-state index in [4.69, 9.17) is 15.2 Å². The Morgan fingerprint density at radius 1 is 1.15 bits per heavy atom. The molecule has 0 unspecified atom stereocenters. The SMILES string of the molecule is CCOc1ccc(C(=O)N2Cc3ccccc3C[C@@H]2C(N)=O)cc1OC. The monoisotopic (exact) mass is 354 g/mol. The van der Waals surface area contributed by atoms with Crippen molar-refractivity contribution in [3.8, 4) is 11.5 Å². The normalized spacial score (nSPS) is 15.9. The van der Waals surface area contributed by atoms with Crippen LogP contribution in [0.4, 0.5) is 0 Å². The van der Waals surface area contributed by atoms with Gasteiger partial charge in [0.1, 0.15) is 6.04 Å². The van der Waals surface area contributed by atoms with Gasteiger partial charge < -0.3 is 20.1 Å². The molecule has 26 heavy (non-hydrogen) atoms. The van der Waals surface area contributed by atoms with E-state index in [1.165, 1.54) is 12.0 Å². The Bertz CT molecular complexity index is 834. The minimum atomic E-state index is -0.671. The number of ether oxygens (including phenoxy) is 2. The van der Waals surface area contributed by atoms with Gasteiger partial charge in [0.15, 0.2) is 11.5 Å². The Kier molecular flexibility index (Phi) is 5.11. The molecule has 2 aromatic rings. The first kappa shape index (κ1) is 17.8. The molecule has 2 aromatic carbocycles. The summed E-state index contributed by atoms with van der Waals surface area (Å²) in [4.78, 5) is 26.6. The number of amides is 2. The first-order chi connectivity index (χ1) is 12.5. The third kappa shape index (κ3) is 3.35. The molecule has 3 rings (SSSR count). The Balaban J connectivity index is 1.94. The van der Waals surface area contributed by atoms with Crippen LogP contribution in [-0.4, -0.2) is 36.5 Å². The molecule has 0 bridgehead atoms. The van der Waals surface area contributed by atoms with Gasteiger partial charge in [0.25, 0.3) is 5.91 Å². The quantitative estimate of drug-likeness (QED) is 0.892. The number of nitrogens with zero attached hydrogens (tertiary/aromatic N) is 1. The van der Waals surface area contributed by atoms with E-state index in [2.05, 4.69) is 0 Å². The lowest BCUT2D eigenvalue weighted by Gasteiger charge is -2.35. The van der Waals surface area contributed by atoms with Crippen molar-refractivity contribution in [3.63, 3.8) is 0 Å².